The Bertz CT molecular complexity index is 753. The molecule has 0 bridgehead atoms. The minimum atomic E-state index is -2.85. The van der Waals surface area contributed by atoms with Gasteiger partial charge in [-0.05, 0) is 31.2 Å². The summed E-state index contributed by atoms with van der Waals surface area (Å²) in [6, 6.07) is 6.50. The second-order valence-electron chi connectivity index (χ2n) is 5.80. The zero-order chi connectivity index (χ0) is 18.5. The van der Waals surface area contributed by atoms with E-state index < -0.39 is 6.61 Å². The van der Waals surface area contributed by atoms with Gasteiger partial charge in [0.05, 0.1) is 5.69 Å². The molecule has 1 aromatic heterocycles. The van der Waals surface area contributed by atoms with Crippen LogP contribution in [0.5, 0.6) is 5.75 Å². The molecule has 148 valence electrons. The van der Waals surface area contributed by atoms with E-state index in [1.807, 2.05) is 18.7 Å². The number of nitrogens with zero attached hydrogens (tertiary/aromatic N) is 1. The topological polar surface area (TPSA) is 63.2 Å². The molecule has 1 atom stereocenters. The number of aromatic nitrogens is 1. The van der Waals surface area contributed by atoms with Crippen molar-refractivity contribution in [3.8, 4) is 17.0 Å². The van der Waals surface area contributed by atoms with E-state index in [0.717, 1.165) is 34.2 Å². The van der Waals surface area contributed by atoms with E-state index in [4.69, 9.17) is 0 Å². The maximum Gasteiger partial charge on any atom is 0.387 e. The molecular weight excluding hydrogens is 416 g/mol. The summed E-state index contributed by atoms with van der Waals surface area (Å²) in [5.41, 5.74) is 1.51. The fourth-order valence-electron chi connectivity index (χ4n) is 2.66. The van der Waals surface area contributed by atoms with Gasteiger partial charge in [0.15, 0.2) is 5.13 Å². The van der Waals surface area contributed by atoms with Crippen molar-refractivity contribution in [3.63, 3.8) is 0 Å². The summed E-state index contributed by atoms with van der Waals surface area (Å²) in [6.45, 7) is -0.0133. The summed E-state index contributed by atoms with van der Waals surface area (Å²) in [6.07, 6.45) is 0.417. The van der Waals surface area contributed by atoms with Crippen LogP contribution >= 0.6 is 35.5 Å². The highest BCUT2D eigenvalue weighted by atomic mass is 35.5. The number of amides is 1. The molecule has 2 heterocycles. The average molecular weight is 436 g/mol. The minimum Gasteiger partial charge on any atom is -0.435 e. The Balaban J connectivity index is 0.00000261. The smallest absolute Gasteiger partial charge is 0.387 e. The second kappa shape index (κ2) is 10.2. The number of carbonyl (C=O) groups is 1. The predicted octanol–water partition coefficient (Wildman–Crippen LogP) is 4.18. The number of ether oxygens (including phenoxy) is 1. The monoisotopic (exact) mass is 435 g/mol. The Morgan fingerprint density at radius 2 is 2.15 bits per heavy atom. The van der Waals surface area contributed by atoms with Crippen molar-refractivity contribution in [2.24, 2.45) is 0 Å². The lowest BCUT2D eigenvalue weighted by Crippen LogP contribution is -2.39. The molecule has 10 heteroatoms. The molecule has 1 amide bonds. The van der Waals surface area contributed by atoms with Gasteiger partial charge < -0.3 is 15.4 Å². The lowest BCUT2D eigenvalue weighted by molar-refractivity contribution is -0.116. The van der Waals surface area contributed by atoms with Crippen LogP contribution in [0.2, 0.25) is 0 Å². The first-order valence-corrected chi connectivity index (χ1v) is 10.1. The van der Waals surface area contributed by atoms with E-state index in [0.29, 0.717) is 11.6 Å². The Morgan fingerprint density at radius 1 is 1.41 bits per heavy atom. The third-order valence-electron chi connectivity index (χ3n) is 3.83. The number of hydrogen-bond donors (Lipinski definition) is 2. The lowest BCUT2D eigenvalue weighted by Gasteiger charge is -2.22. The second-order valence-corrected chi connectivity index (χ2v) is 8.16. The quantitative estimate of drug-likeness (QED) is 0.712. The van der Waals surface area contributed by atoms with Crippen LogP contribution in [0.3, 0.4) is 0 Å². The van der Waals surface area contributed by atoms with Gasteiger partial charge in [-0.2, -0.15) is 20.5 Å². The van der Waals surface area contributed by atoms with Crippen molar-refractivity contribution in [3.05, 3.63) is 29.1 Å². The number of rotatable bonds is 6. The molecule has 1 saturated heterocycles. The fraction of sp³-hybridized carbons (Fsp3) is 0.412. The Kier molecular flexibility index (Phi) is 8.28. The van der Waals surface area contributed by atoms with Gasteiger partial charge >= 0.3 is 6.61 Å². The van der Waals surface area contributed by atoms with E-state index in [1.54, 1.807) is 12.1 Å². The summed E-state index contributed by atoms with van der Waals surface area (Å²) in [4.78, 5) is 17.6. The van der Waals surface area contributed by atoms with Crippen LogP contribution in [0.4, 0.5) is 13.9 Å². The average Bonchev–Trinajstić information content (AvgIpc) is 2.96. The molecule has 0 aliphatic carbocycles. The molecule has 1 aliphatic rings. The number of anilines is 1. The molecule has 3 rings (SSSR count). The number of nitrogens with one attached hydrogen (secondary N) is 2. The molecule has 2 aromatic rings. The third kappa shape index (κ3) is 6.31. The first-order valence-electron chi connectivity index (χ1n) is 8.15. The standard InChI is InChI=1S/C17H19F2N3O2S2.ClH/c1-10-15(11-2-4-13(5-3-11)24-16(18)19)22-17(26-10)21-14(23)8-12-9-25-7-6-20-12;/h2-5,12,16,20H,6-9H2,1H3,(H,21,22,23);1H. The molecule has 5 nitrogen and oxygen atoms in total. The highest BCUT2D eigenvalue weighted by molar-refractivity contribution is 7.99. The zero-order valence-electron chi connectivity index (χ0n) is 14.5. The predicted molar refractivity (Wildman–Crippen MR) is 109 cm³/mol. The minimum absolute atomic E-state index is 0. The van der Waals surface area contributed by atoms with Crippen LogP contribution in [0, 0.1) is 6.92 Å². The van der Waals surface area contributed by atoms with Crippen molar-refractivity contribution >= 4 is 46.5 Å². The van der Waals surface area contributed by atoms with Crippen molar-refractivity contribution in [2.45, 2.75) is 26.0 Å². The maximum atomic E-state index is 12.2. The van der Waals surface area contributed by atoms with Crippen LogP contribution in [-0.2, 0) is 4.79 Å². The molecule has 2 N–H and O–H groups in total. The molecule has 0 spiro atoms. The van der Waals surface area contributed by atoms with Gasteiger partial charge in [-0.15, -0.1) is 23.7 Å². The zero-order valence-corrected chi connectivity index (χ0v) is 17.0. The van der Waals surface area contributed by atoms with Crippen LogP contribution in [-0.4, -0.2) is 41.6 Å². The van der Waals surface area contributed by atoms with Crippen molar-refractivity contribution in [1.82, 2.24) is 10.3 Å². The molecule has 0 saturated carbocycles. The largest absolute Gasteiger partial charge is 0.435 e. The molecular formula is C17H20ClF2N3O2S2. The summed E-state index contributed by atoms with van der Waals surface area (Å²) in [7, 11) is 0. The normalized spacial score (nSPS) is 16.7. The summed E-state index contributed by atoms with van der Waals surface area (Å²) in [5, 5.41) is 6.73. The van der Waals surface area contributed by atoms with Gasteiger partial charge in [-0.25, -0.2) is 4.98 Å². The van der Waals surface area contributed by atoms with Gasteiger partial charge in [0, 0.05) is 41.0 Å². The first kappa shape index (κ1) is 21.9. The molecule has 1 fully saturated rings. The van der Waals surface area contributed by atoms with Gasteiger partial charge in [-0.3, -0.25) is 4.79 Å². The first-order chi connectivity index (χ1) is 12.5. The number of thioether (sulfide) groups is 1. The van der Waals surface area contributed by atoms with E-state index in [9.17, 15) is 13.6 Å². The van der Waals surface area contributed by atoms with Crippen LogP contribution in [0.1, 0.15) is 11.3 Å². The number of halogens is 3. The SMILES string of the molecule is Cc1sc(NC(=O)CC2CSCCN2)nc1-c1ccc(OC(F)F)cc1.Cl. The van der Waals surface area contributed by atoms with Crippen molar-refractivity contribution in [1.29, 1.82) is 0 Å². The highest BCUT2D eigenvalue weighted by Gasteiger charge is 2.18. The van der Waals surface area contributed by atoms with E-state index >= 15 is 0 Å². The van der Waals surface area contributed by atoms with Gasteiger partial charge in [0.2, 0.25) is 5.91 Å². The number of alkyl halides is 2. The van der Waals surface area contributed by atoms with Gasteiger partial charge in [0.1, 0.15) is 5.75 Å². The van der Waals surface area contributed by atoms with E-state index in [2.05, 4.69) is 20.4 Å². The van der Waals surface area contributed by atoms with Crippen LogP contribution < -0.4 is 15.4 Å². The Morgan fingerprint density at radius 3 is 2.78 bits per heavy atom. The fourth-order valence-corrected chi connectivity index (χ4v) is 4.46. The number of carbonyl (C=O) groups excluding carboxylic acids is 1. The van der Waals surface area contributed by atoms with Gasteiger partial charge in [-0.1, -0.05) is 0 Å². The Hall–Kier alpha value is -1.42. The highest BCUT2D eigenvalue weighted by Crippen LogP contribution is 2.31. The van der Waals surface area contributed by atoms with Gasteiger partial charge in [0.25, 0.3) is 0 Å². The lowest BCUT2D eigenvalue weighted by atomic mass is 10.1. The maximum absolute atomic E-state index is 12.2. The van der Waals surface area contributed by atoms with E-state index in [-0.39, 0.29) is 30.1 Å². The summed E-state index contributed by atoms with van der Waals surface area (Å²) in [5.74, 6) is 2.05. The molecule has 1 aromatic carbocycles. The van der Waals surface area contributed by atoms with Crippen molar-refractivity contribution in [2.75, 3.05) is 23.4 Å². The number of benzene rings is 1. The molecule has 1 aliphatic heterocycles. The summed E-state index contributed by atoms with van der Waals surface area (Å²) >= 11 is 3.24. The Labute approximate surface area is 170 Å². The number of aryl methyl sites for hydroxylation is 1. The molecule has 27 heavy (non-hydrogen) atoms. The molecule has 0 radical (unpaired) electrons. The molecule has 1 unspecified atom stereocenters. The van der Waals surface area contributed by atoms with E-state index in [1.165, 1.54) is 23.5 Å². The van der Waals surface area contributed by atoms with Crippen LogP contribution in [0.15, 0.2) is 24.3 Å². The third-order valence-corrected chi connectivity index (χ3v) is 5.84. The number of thiazole rings is 1. The number of hydrogen-bond acceptors (Lipinski definition) is 6. The van der Waals surface area contributed by atoms with Crippen molar-refractivity contribution < 1.29 is 18.3 Å². The van der Waals surface area contributed by atoms with Crippen LogP contribution in [0.25, 0.3) is 11.3 Å². The summed E-state index contributed by atoms with van der Waals surface area (Å²) < 4.78 is 28.8.